The number of phosphoric ester groups is 2. The highest BCUT2D eigenvalue weighted by Gasteiger charge is 2.76. The van der Waals surface area contributed by atoms with Crippen LogP contribution in [0.5, 0.6) is 11.5 Å². The first-order valence-corrected chi connectivity index (χ1v) is 25.3. The molecule has 4 bridgehead atoms. The third-order valence-corrected chi connectivity index (χ3v) is 16.8. The van der Waals surface area contributed by atoms with Gasteiger partial charge in [-0.15, -0.1) is 0 Å². The third kappa shape index (κ3) is 6.59. The van der Waals surface area contributed by atoms with Crippen LogP contribution in [-0.4, -0.2) is 27.6 Å². The molecule has 2 aliphatic heterocycles. The van der Waals surface area contributed by atoms with Crippen molar-refractivity contribution in [2.24, 2.45) is 23.7 Å². The first-order valence-electron chi connectivity index (χ1n) is 21.6. The number of fused-ring (bicyclic) bond motifs is 2. The summed E-state index contributed by atoms with van der Waals surface area (Å²) in [6, 6.07) is 9.61. The zero-order valence-electron chi connectivity index (χ0n) is 33.2. The lowest BCUT2D eigenvalue weighted by molar-refractivity contribution is -0.642. The van der Waals surface area contributed by atoms with Crippen LogP contribution in [-0.2, 0) is 44.8 Å². The maximum absolute atomic E-state index is 12.1. The molecule has 8 unspecified atom stereocenters. The highest BCUT2D eigenvalue weighted by atomic mass is 35.5. The van der Waals surface area contributed by atoms with Crippen LogP contribution in [0.1, 0.15) is 127 Å². The number of rotatable bonds is 11. The van der Waals surface area contributed by atoms with E-state index in [0.717, 1.165) is 96.3 Å². The Labute approximate surface area is 359 Å². The van der Waals surface area contributed by atoms with Crippen LogP contribution in [0.3, 0.4) is 0 Å². The molecule has 2 spiro atoms. The Bertz CT molecular complexity index is 2070. The average molecular weight is 908 g/mol. The predicted octanol–water partition coefficient (Wildman–Crippen LogP) is 9.30. The lowest BCUT2D eigenvalue weighted by atomic mass is 9.50. The summed E-state index contributed by atoms with van der Waals surface area (Å²) in [4.78, 5) is 69.0. The Hall–Kier alpha value is -1.80. The topological polar surface area (TPSA) is 185 Å². The summed E-state index contributed by atoms with van der Waals surface area (Å²) >= 11 is 12.9. The molecule has 60 heavy (non-hydrogen) atoms. The van der Waals surface area contributed by atoms with Gasteiger partial charge in [-0.05, 0) is 138 Å². The van der Waals surface area contributed by atoms with E-state index in [1.54, 1.807) is 12.1 Å². The van der Waals surface area contributed by atoms with Gasteiger partial charge in [0.25, 0.3) is 5.79 Å². The fourth-order valence-electron chi connectivity index (χ4n) is 13.2. The standard InChI is InChI=1S/C43H52Cl2O13P2/c44-36-18-16-28(24-38(36)53-59(46,47)48)40(41(56-55-40)29-10-5-14-34(41)32-12-3-1-8-26(32)22-29)20-7-21-52-43(31-17-19-37(45)39(25-31)54-60(49,50)51)42(57-58-43)30-11-6-15-35(42)33-13-4-2-9-27(33)23-30/h16-19,24-25,29-30,34-35H,1-15,20-23H2,(H2,46,47,48)(H2,49,50,51)/p-2. The predicted molar refractivity (Wildman–Crippen MR) is 214 cm³/mol. The van der Waals surface area contributed by atoms with Crippen molar-refractivity contribution < 1.29 is 62.0 Å². The van der Waals surface area contributed by atoms with Crippen LogP contribution < -0.4 is 18.8 Å². The van der Waals surface area contributed by atoms with E-state index in [1.807, 2.05) is 0 Å². The molecular weight excluding hydrogens is 857 g/mol. The van der Waals surface area contributed by atoms with Gasteiger partial charge >= 0.3 is 7.82 Å². The van der Waals surface area contributed by atoms with Gasteiger partial charge in [0, 0.05) is 23.3 Å². The second-order valence-electron chi connectivity index (χ2n) is 18.2. The van der Waals surface area contributed by atoms with Crippen LogP contribution in [0, 0.1) is 23.7 Å². The van der Waals surface area contributed by atoms with Gasteiger partial charge in [-0.25, -0.2) is 19.2 Å². The second-order valence-corrected chi connectivity index (χ2v) is 21.2. The highest BCUT2D eigenvalue weighted by Crippen LogP contribution is 2.70. The van der Waals surface area contributed by atoms with E-state index in [0.29, 0.717) is 24.0 Å². The summed E-state index contributed by atoms with van der Waals surface area (Å²) < 4.78 is 41.1. The van der Waals surface area contributed by atoms with Crippen LogP contribution in [0.15, 0.2) is 58.7 Å². The molecule has 2 aromatic carbocycles. The van der Waals surface area contributed by atoms with Crippen molar-refractivity contribution in [1.29, 1.82) is 0 Å². The molecule has 2 aromatic rings. The Morgan fingerprint density at radius 1 is 0.683 bits per heavy atom. The van der Waals surface area contributed by atoms with Crippen molar-refractivity contribution in [3.63, 3.8) is 0 Å². The van der Waals surface area contributed by atoms with Gasteiger partial charge in [0.1, 0.15) is 19.2 Å². The molecule has 2 heterocycles. The molecule has 8 atom stereocenters. The number of halogens is 2. The van der Waals surface area contributed by atoms with E-state index >= 15 is 0 Å². The van der Waals surface area contributed by atoms with Crippen molar-refractivity contribution >= 4 is 38.8 Å². The summed E-state index contributed by atoms with van der Waals surface area (Å²) in [5, 5.41) is 0.00108. The molecule has 6 aliphatic carbocycles. The van der Waals surface area contributed by atoms with Gasteiger partial charge in [0.2, 0.25) is 0 Å². The molecule has 326 valence electrons. The summed E-state index contributed by atoms with van der Waals surface area (Å²) in [7, 11) is -10.4. The average Bonchev–Trinajstić information content (AvgIpc) is 3.19. The Morgan fingerprint density at radius 3 is 1.80 bits per heavy atom. The largest absolute Gasteiger partial charge is 0.780 e. The van der Waals surface area contributed by atoms with Gasteiger partial charge in [-0.1, -0.05) is 70.5 Å². The second kappa shape index (κ2) is 15.4. The normalized spacial score (nSPS) is 36.0. The van der Waals surface area contributed by atoms with Crippen LogP contribution in [0.4, 0.5) is 0 Å². The van der Waals surface area contributed by atoms with E-state index < -0.39 is 38.2 Å². The molecule has 0 radical (unpaired) electrons. The van der Waals surface area contributed by atoms with E-state index in [9.17, 15) is 28.7 Å². The van der Waals surface area contributed by atoms with Crippen molar-refractivity contribution in [3.8, 4) is 11.5 Å². The smallest absolute Gasteiger partial charge is 0.524 e. The highest BCUT2D eigenvalue weighted by molar-refractivity contribution is 7.46. The number of hydrogen-bond acceptors (Lipinski definition) is 11. The zero-order chi connectivity index (χ0) is 41.7. The summed E-state index contributed by atoms with van der Waals surface area (Å²) in [5.74, 6) is -1.65. The fourth-order valence-corrected chi connectivity index (χ4v) is 14.4. The third-order valence-electron chi connectivity index (χ3n) is 15.3. The molecular formula is C43H50Cl2O13P2-2. The summed E-state index contributed by atoms with van der Waals surface area (Å²) in [5.41, 5.74) is 4.21. The van der Waals surface area contributed by atoms with Crippen molar-refractivity contribution in [1.82, 2.24) is 0 Å². The lowest BCUT2D eigenvalue weighted by Gasteiger charge is -2.67. The molecule has 4 fully saturated rings. The molecule has 13 nitrogen and oxygen atoms in total. The first kappa shape index (κ1) is 42.2. The maximum atomic E-state index is 12.1. The monoisotopic (exact) mass is 906 g/mol. The quantitative estimate of drug-likeness (QED) is 0.0942. The molecule has 0 aromatic heterocycles. The van der Waals surface area contributed by atoms with Gasteiger partial charge in [0.15, 0.2) is 17.0 Å². The lowest BCUT2D eigenvalue weighted by Crippen LogP contribution is -2.75. The summed E-state index contributed by atoms with van der Waals surface area (Å²) in [6.45, 7) is 0.144. The van der Waals surface area contributed by atoms with Crippen LogP contribution in [0.2, 0.25) is 10.0 Å². The Morgan fingerprint density at radius 2 is 1.23 bits per heavy atom. The van der Waals surface area contributed by atoms with E-state index in [-0.39, 0.29) is 51.8 Å². The minimum Gasteiger partial charge on any atom is -0.780 e. The number of ether oxygens (including phenoxy) is 1. The van der Waals surface area contributed by atoms with E-state index in [1.165, 1.54) is 53.0 Å². The van der Waals surface area contributed by atoms with E-state index in [4.69, 9.17) is 56.5 Å². The van der Waals surface area contributed by atoms with Gasteiger partial charge in [0.05, 0.1) is 16.7 Å². The minimum absolute atomic E-state index is 0.0129. The molecule has 10 rings (SSSR count). The summed E-state index contributed by atoms with van der Waals surface area (Å²) in [6.07, 6.45) is 17.0. The first-order chi connectivity index (χ1) is 28.7. The molecule has 2 saturated carbocycles. The molecule has 2 N–H and O–H groups in total. The maximum Gasteiger partial charge on any atom is 0.524 e. The Balaban J connectivity index is 1.03. The Kier molecular flexibility index (Phi) is 10.8. The van der Waals surface area contributed by atoms with Crippen molar-refractivity contribution in [3.05, 3.63) is 79.9 Å². The molecule has 8 aliphatic rings. The number of allylic oxidation sites excluding steroid dienone is 2. The zero-order valence-corrected chi connectivity index (χ0v) is 36.5. The van der Waals surface area contributed by atoms with Crippen molar-refractivity contribution in [2.45, 2.75) is 138 Å². The van der Waals surface area contributed by atoms with Gasteiger partial charge < -0.3 is 28.1 Å². The van der Waals surface area contributed by atoms with Crippen LogP contribution in [0.25, 0.3) is 0 Å². The molecule has 17 heteroatoms. The number of phosphoric acid groups is 2. The van der Waals surface area contributed by atoms with Crippen LogP contribution >= 0.6 is 38.8 Å². The van der Waals surface area contributed by atoms with E-state index in [2.05, 4.69) is 0 Å². The number of benzene rings is 2. The fraction of sp³-hybridized carbons (Fsp3) is 0.628. The molecule has 2 saturated heterocycles. The minimum atomic E-state index is -5.45. The van der Waals surface area contributed by atoms with Crippen molar-refractivity contribution in [2.75, 3.05) is 6.61 Å². The number of hydrogen-bond donors (Lipinski definition) is 2. The molecule has 0 amide bonds. The van der Waals surface area contributed by atoms with Gasteiger partial charge in [-0.3, -0.25) is 9.79 Å². The van der Waals surface area contributed by atoms with Gasteiger partial charge in [-0.2, -0.15) is 4.89 Å². The SMILES string of the molecule is O=P([O-])([O-])Oc1cc(C2(CCCOC3(c4ccc(Cl)c(OP(=O)(O)O)c4)OOC34C3CCCC4C4=C(CCCC4)C3)OOC23C2CCCC3C3=C(CCCC3)C2)ccc1Cl.